The monoisotopic (exact) mass is 261 g/mol. The summed E-state index contributed by atoms with van der Waals surface area (Å²) in [7, 11) is 1.42. The highest BCUT2D eigenvalue weighted by Gasteiger charge is 2.31. The summed E-state index contributed by atoms with van der Waals surface area (Å²) in [4.78, 5) is 11.6. The van der Waals surface area contributed by atoms with Gasteiger partial charge in [0.05, 0.1) is 13.5 Å². The van der Waals surface area contributed by atoms with Crippen LogP contribution in [0.5, 0.6) is 0 Å². The zero-order valence-corrected chi connectivity index (χ0v) is 12.0. The molecule has 19 heavy (non-hydrogen) atoms. The van der Waals surface area contributed by atoms with Gasteiger partial charge in [-0.3, -0.25) is 4.79 Å². The molecule has 0 spiro atoms. The SMILES string of the molecule is COC(=O)CC(c1cccc(C2CC2)c1)C(C)(C)N. The molecule has 1 aromatic rings. The maximum Gasteiger partial charge on any atom is 0.306 e. The van der Waals surface area contributed by atoms with E-state index in [1.54, 1.807) is 0 Å². The van der Waals surface area contributed by atoms with Crippen LogP contribution in [0.4, 0.5) is 0 Å². The normalized spacial score (nSPS) is 17.1. The second kappa shape index (κ2) is 5.33. The fourth-order valence-corrected chi connectivity index (χ4v) is 2.51. The molecule has 1 unspecified atom stereocenters. The second-order valence-corrected chi connectivity index (χ2v) is 6.10. The maximum atomic E-state index is 11.6. The van der Waals surface area contributed by atoms with Gasteiger partial charge in [0.25, 0.3) is 0 Å². The molecule has 1 aromatic carbocycles. The molecule has 0 bridgehead atoms. The number of ether oxygens (including phenoxy) is 1. The van der Waals surface area contributed by atoms with E-state index in [9.17, 15) is 4.79 Å². The molecule has 0 saturated heterocycles. The van der Waals surface area contributed by atoms with E-state index >= 15 is 0 Å². The van der Waals surface area contributed by atoms with Crippen molar-refractivity contribution in [3.63, 3.8) is 0 Å². The lowest BCUT2D eigenvalue weighted by Crippen LogP contribution is -2.40. The third-order valence-corrected chi connectivity index (χ3v) is 3.86. The first-order valence-electron chi connectivity index (χ1n) is 6.87. The van der Waals surface area contributed by atoms with E-state index in [4.69, 9.17) is 10.5 Å². The first-order chi connectivity index (χ1) is 8.91. The minimum absolute atomic E-state index is 0.0151. The highest BCUT2D eigenvalue weighted by Crippen LogP contribution is 2.41. The van der Waals surface area contributed by atoms with Gasteiger partial charge in [0.15, 0.2) is 0 Å². The van der Waals surface area contributed by atoms with Crippen LogP contribution in [0.3, 0.4) is 0 Å². The van der Waals surface area contributed by atoms with Crippen LogP contribution in [0.15, 0.2) is 24.3 Å². The molecule has 0 amide bonds. The van der Waals surface area contributed by atoms with Crippen molar-refractivity contribution >= 4 is 5.97 Å². The van der Waals surface area contributed by atoms with Crippen molar-refractivity contribution in [2.45, 2.75) is 50.5 Å². The number of hydrogen-bond acceptors (Lipinski definition) is 3. The van der Waals surface area contributed by atoms with Gasteiger partial charge in [0, 0.05) is 11.5 Å². The molecule has 1 atom stereocenters. The first kappa shape index (κ1) is 14.1. The van der Waals surface area contributed by atoms with Crippen molar-refractivity contribution in [3.05, 3.63) is 35.4 Å². The Bertz CT molecular complexity index is 458. The molecule has 2 rings (SSSR count). The summed E-state index contributed by atoms with van der Waals surface area (Å²) in [6, 6.07) is 8.51. The summed E-state index contributed by atoms with van der Waals surface area (Å²) in [5.74, 6) is 0.485. The van der Waals surface area contributed by atoms with Gasteiger partial charge in [-0.25, -0.2) is 0 Å². The van der Waals surface area contributed by atoms with Crippen molar-refractivity contribution < 1.29 is 9.53 Å². The van der Waals surface area contributed by atoms with E-state index in [1.807, 2.05) is 13.8 Å². The molecule has 1 fully saturated rings. The number of nitrogens with two attached hydrogens (primary N) is 1. The summed E-state index contributed by atoms with van der Waals surface area (Å²) < 4.78 is 4.79. The number of methoxy groups -OCH3 is 1. The van der Waals surface area contributed by atoms with Crippen molar-refractivity contribution in [1.82, 2.24) is 0 Å². The molecule has 0 heterocycles. The highest BCUT2D eigenvalue weighted by atomic mass is 16.5. The van der Waals surface area contributed by atoms with E-state index in [0.717, 1.165) is 5.56 Å². The molecule has 0 aliphatic heterocycles. The molecule has 3 heteroatoms. The lowest BCUT2D eigenvalue weighted by Gasteiger charge is -2.30. The van der Waals surface area contributed by atoms with Gasteiger partial charge in [-0.2, -0.15) is 0 Å². The lowest BCUT2D eigenvalue weighted by atomic mass is 9.80. The number of rotatable bonds is 5. The van der Waals surface area contributed by atoms with Crippen molar-refractivity contribution in [1.29, 1.82) is 0 Å². The fourth-order valence-electron chi connectivity index (χ4n) is 2.51. The largest absolute Gasteiger partial charge is 0.469 e. The Kier molecular flexibility index (Phi) is 3.95. The van der Waals surface area contributed by atoms with Gasteiger partial charge in [-0.1, -0.05) is 24.3 Å². The van der Waals surface area contributed by atoms with Crippen LogP contribution in [-0.4, -0.2) is 18.6 Å². The number of benzene rings is 1. The van der Waals surface area contributed by atoms with E-state index < -0.39 is 5.54 Å². The third kappa shape index (κ3) is 3.57. The summed E-state index contributed by atoms with van der Waals surface area (Å²) in [6.07, 6.45) is 2.88. The molecule has 0 radical (unpaired) electrons. The average Bonchev–Trinajstić information content (AvgIpc) is 3.18. The van der Waals surface area contributed by atoms with Gasteiger partial charge in [-0.05, 0) is 43.7 Å². The molecule has 1 aliphatic rings. The molecule has 1 saturated carbocycles. The molecular weight excluding hydrogens is 238 g/mol. The highest BCUT2D eigenvalue weighted by molar-refractivity contribution is 5.70. The molecule has 1 aliphatic carbocycles. The Morgan fingerprint density at radius 3 is 2.68 bits per heavy atom. The predicted octanol–water partition coefficient (Wildman–Crippen LogP) is 2.95. The average molecular weight is 261 g/mol. The molecular formula is C16H23NO2. The summed E-state index contributed by atoms with van der Waals surface area (Å²) in [6.45, 7) is 3.93. The van der Waals surface area contributed by atoms with Crippen LogP contribution in [0.2, 0.25) is 0 Å². The van der Waals surface area contributed by atoms with Crippen LogP contribution in [0, 0.1) is 0 Å². The maximum absolute atomic E-state index is 11.6. The van der Waals surface area contributed by atoms with Crippen LogP contribution in [0.25, 0.3) is 0 Å². The van der Waals surface area contributed by atoms with E-state index in [1.165, 1.54) is 25.5 Å². The minimum atomic E-state index is -0.448. The number of carbonyl (C=O) groups excluding carboxylic acids is 1. The fraction of sp³-hybridized carbons (Fsp3) is 0.562. The van der Waals surface area contributed by atoms with E-state index in [2.05, 4.69) is 24.3 Å². The van der Waals surface area contributed by atoms with Gasteiger partial charge < -0.3 is 10.5 Å². The van der Waals surface area contributed by atoms with Crippen molar-refractivity contribution in [2.75, 3.05) is 7.11 Å². The van der Waals surface area contributed by atoms with Crippen LogP contribution < -0.4 is 5.73 Å². The van der Waals surface area contributed by atoms with Gasteiger partial charge >= 0.3 is 5.97 Å². The summed E-state index contributed by atoms with van der Waals surface area (Å²) in [5.41, 5.74) is 8.31. The van der Waals surface area contributed by atoms with Gasteiger partial charge in [0.1, 0.15) is 0 Å². The first-order valence-corrected chi connectivity index (χ1v) is 6.87. The third-order valence-electron chi connectivity index (χ3n) is 3.86. The molecule has 2 N–H and O–H groups in total. The number of hydrogen-bond donors (Lipinski definition) is 1. The Morgan fingerprint density at radius 2 is 2.16 bits per heavy atom. The molecule has 104 valence electrons. The minimum Gasteiger partial charge on any atom is -0.469 e. The zero-order valence-electron chi connectivity index (χ0n) is 12.0. The Hall–Kier alpha value is -1.35. The zero-order chi connectivity index (χ0) is 14.0. The smallest absolute Gasteiger partial charge is 0.306 e. The molecule has 3 nitrogen and oxygen atoms in total. The predicted molar refractivity (Wildman–Crippen MR) is 76.1 cm³/mol. The van der Waals surface area contributed by atoms with E-state index in [-0.39, 0.29) is 11.9 Å². The van der Waals surface area contributed by atoms with Gasteiger partial charge in [0.2, 0.25) is 0 Å². The quantitative estimate of drug-likeness (QED) is 0.829. The van der Waals surface area contributed by atoms with Crippen molar-refractivity contribution in [3.8, 4) is 0 Å². The number of carbonyl (C=O) groups is 1. The Balaban J connectivity index is 2.26. The standard InChI is InChI=1S/C16H23NO2/c1-16(2,17)14(10-15(18)19-3)13-6-4-5-12(9-13)11-7-8-11/h4-6,9,11,14H,7-8,10,17H2,1-3H3. The molecule has 0 aromatic heterocycles. The van der Waals surface area contributed by atoms with E-state index in [0.29, 0.717) is 12.3 Å². The Morgan fingerprint density at radius 1 is 1.47 bits per heavy atom. The topological polar surface area (TPSA) is 52.3 Å². The summed E-state index contributed by atoms with van der Waals surface area (Å²) >= 11 is 0. The van der Waals surface area contributed by atoms with Crippen LogP contribution in [-0.2, 0) is 9.53 Å². The summed E-state index contributed by atoms with van der Waals surface area (Å²) in [5, 5.41) is 0. The lowest BCUT2D eigenvalue weighted by molar-refractivity contribution is -0.141. The van der Waals surface area contributed by atoms with Crippen LogP contribution in [0.1, 0.15) is 56.1 Å². The van der Waals surface area contributed by atoms with Crippen LogP contribution >= 0.6 is 0 Å². The second-order valence-electron chi connectivity index (χ2n) is 6.10. The number of esters is 1. The van der Waals surface area contributed by atoms with Crippen molar-refractivity contribution in [2.24, 2.45) is 5.73 Å². The van der Waals surface area contributed by atoms with Gasteiger partial charge in [-0.15, -0.1) is 0 Å². The Labute approximate surface area is 115 Å².